The van der Waals surface area contributed by atoms with Gasteiger partial charge in [-0.1, -0.05) is 6.92 Å². The van der Waals surface area contributed by atoms with Crippen molar-refractivity contribution in [3.8, 4) is 11.5 Å². The number of nitrogens with one attached hydrogen (secondary N) is 1. The van der Waals surface area contributed by atoms with Crippen molar-refractivity contribution in [3.05, 3.63) is 18.2 Å². The highest BCUT2D eigenvalue weighted by Gasteiger charge is 2.19. The number of thiocarbonyl (C=S) groups is 1. The molecule has 1 N–H and O–H groups in total. The minimum Gasteiger partial charge on any atom is -0.454 e. The number of ether oxygens (including phenoxy) is 2. The van der Waals surface area contributed by atoms with Crippen LogP contribution in [0.3, 0.4) is 0 Å². The number of hydrogen-bond acceptors (Lipinski definition) is 3. The molecular weight excluding hydrogens is 260 g/mol. The van der Waals surface area contributed by atoms with Gasteiger partial charge in [0.05, 0.1) is 0 Å². The van der Waals surface area contributed by atoms with Gasteiger partial charge < -0.3 is 19.7 Å². The van der Waals surface area contributed by atoms with Crippen LogP contribution >= 0.6 is 12.2 Å². The fourth-order valence-electron chi connectivity index (χ4n) is 2.55. The van der Waals surface area contributed by atoms with E-state index in [0.29, 0.717) is 12.7 Å². The van der Waals surface area contributed by atoms with Crippen LogP contribution in [0.5, 0.6) is 11.5 Å². The van der Waals surface area contributed by atoms with Crippen LogP contribution in [0.25, 0.3) is 0 Å². The van der Waals surface area contributed by atoms with Gasteiger partial charge in [-0.25, -0.2) is 0 Å². The zero-order valence-electron chi connectivity index (χ0n) is 11.0. The maximum Gasteiger partial charge on any atom is 0.231 e. The Morgan fingerprint density at radius 1 is 1.37 bits per heavy atom. The molecule has 1 fully saturated rings. The fourth-order valence-corrected chi connectivity index (χ4v) is 2.83. The Bertz CT molecular complexity index is 492. The molecule has 0 radical (unpaired) electrons. The van der Waals surface area contributed by atoms with Crippen molar-refractivity contribution in [1.82, 2.24) is 4.90 Å². The lowest BCUT2D eigenvalue weighted by molar-refractivity contribution is 0.174. The second kappa shape index (κ2) is 5.25. The quantitative estimate of drug-likeness (QED) is 0.799. The van der Waals surface area contributed by atoms with E-state index < -0.39 is 0 Å². The van der Waals surface area contributed by atoms with Gasteiger partial charge in [0.1, 0.15) is 0 Å². The van der Waals surface area contributed by atoms with Crippen molar-refractivity contribution in [3.63, 3.8) is 0 Å². The molecule has 0 spiro atoms. The van der Waals surface area contributed by atoms with E-state index in [9.17, 15) is 0 Å². The first-order chi connectivity index (χ1) is 9.22. The number of hydrogen-bond donors (Lipinski definition) is 1. The Labute approximate surface area is 118 Å². The van der Waals surface area contributed by atoms with Crippen LogP contribution in [0.4, 0.5) is 5.69 Å². The van der Waals surface area contributed by atoms with E-state index in [1.807, 2.05) is 18.2 Å². The summed E-state index contributed by atoms with van der Waals surface area (Å²) in [6.45, 7) is 4.65. The molecule has 2 heterocycles. The second-order valence-electron chi connectivity index (χ2n) is 5.19. The van der Waals surface area contributed by atoms with E-state index in [2.05, 4.69) is 17.1 Å². The normalized spacial score (nSPS) is 21.3. The van der Waals surface area contributed by atoms with Crippen LogP contribution in [-0.2, 0) is 0 Å². The van der Waals surface area contributed by atoms with E-state index in [1.54, 1.807) is 0 Å². The van der Waals surface area contributed by atoms with Gasteiger partial charge >= 0.3 is 0 Å². The number of piperidine rings is 1. The molecular formula is C14H18N2O2S. The molecule has 4 nitrogen and oxygen atoms in total. The summed E-state index contributed by atoms with van der Waals surface area (Å²) in [5.41, 5.74) is 0.951. The van der Waals surface area contributed by atoms with Gasteiger partial charge in [0.15, 0.2) is 16.6 Å². The van der Waals surface area contributed by atoms with Gasteiger partial charge in [-0.15, -0.1) is 0 Å². The van der Waals surface area contributed by atoms with Crippen LogP contribution in [0.2, 0.25) is 0 Å². The first-order valence-electron chi connectivity index (χ1n) is 6.68. The summed E-state index contributed by atoms with van der Waals surface area (Å²) in [4.78, 5) is 2.24. The highest BCUT2D eigenvalue weighted by molar-refractivity contribution is 7.80. The molecule has 0 aromatic heterocycles. The van der Waals surface area contributed by atoms with E-state index in [1.165, 1.54) is 12.8 Å². The average molecular weight is 278 g/mol. The van der Waals surface area contributed by atoms with Crippen molar-refractivity contribution >= 4 is 23.0 Å². The predicted molar refractivity (Wildman–Crippen MR) is 78.8 cm³/mol. The Balaban J connectivity index is 1.66. The molecule has 1 atom stereocenters. The minimum atomic E-state index is 0.298. The van der Waals surface area contributed by atoms with Crippen molar-refractivity contribution in [2.24, 2.45) is 5.92 Å². The number of likely N-dealkylation sites (tertiary alicyclic amines) is 1. The molecule has 1 aromatic rings. The molecule has 0 bridgehead atoms. The van der Waals surface area contributed by atoms with Gasteiger partial charge in [0.2, 0.25) is 6.79 Å². The maximum atomic E-state index is 5.48. The van der Waals surface area contributed by atoms with Gasteiger partial charge in [0.25, 0.3) is 0 Å². The Morgan fingerprint density at radius 2 is 2.21 bits per heavy atom. The van der Waals surface area contributed by atoms with Crippen molar-refractivity contribution in [1.29, 1.82) is 0 Å². The molecule has 3 rings (SSSR count). The molecule has 1 unspecified atom stereocenters. The monoisotopic (exact) mass is 278 g/mol. The van der Waals surface area contributed by atoms with Crippen molar-refractivity contribution in [2.75, 3.05) is 25.2 Å². The Kier molecular flexibility index (Phi) is 3.46. The molecule has 0 amide bonds. The van der Waals surface area contributed by atoms with Gasteiger partial charge in [0, 0.05) is 24.8 Å². The van der Waals surface area contributed by atoms with Gasteiger partial charge in [-0.05, 0) is 43.1 Å². The molecule has 19 heavy (non-hydrogen) atoms. The zero-order chi connectivity index (χ0) is 13.2. The molecule has 2 aliphatic heterocycles. The number of nitrogens with zero attached hydrogens (tertiary/aromatic N) is 1. The highest BCUT2D eigenvalue weighted by Crippen LogP contribution is 2.34. The summed E-state index contributed by atoms with van der Waals surface area (Å²) in [6.07, 6.45) is 2.51. The summed E-state index contributed by atoms with van der Waals surface area (Å²) in [5.74, 6) is 2.29. The van der Waals surface area contributed by atoms with Crippen LogP contribution in [0.15, 0.2) is 18.2 Å². The molecule has 1 saturated heterocycles. The number of benzene rings is 1. The third-order valence-electron chi connectivity index (χ3n) is 3.57. The highest BCUT2D eigenvalue weighted by atomic mass is 32.1. The van der Waals surface area contributed by atoms with Crippen LogP contribution in [0.1, 0.15) is 19.8 Å². The molecule has 1 aromatic carbocycles. The van der Waals surface area contributed by atoms with Gasteiger partial charge in [-0.2, -0.15) is 0 Å². The summed E-state index contributed by atoms with van der Waals surface area (Å²) in [7, 11) is 0. The largest absolute Gasteiger partial charge is 0.454 e. The summed E-state index contributed by atoms with van der Waals surface area (Å²) < 4.78 is 10.7. The lowest BCUT2D eigenvalue weighted by Crippen LogP contribution is -2.41. The third kappa shape index (κ3) is 2.76. The SMILES string of the molecule is CC1CCCN(C(=S)Nc2ccc3c(c2)OCO3)C1. The van der Waals surface area contributed by atoms with E-state index >= 15 is 0 Å². The lowest BCUT2D eigenvalue weighted by Gasteiger charge is -2.33. The standard InChI is InChI=1S/C14H18N2O2S/c1-10-3-2-6-16(8-10)14(19)15-11-4-5-12-13(7-11)18-9-17-12/h4-5,7,10H,2-3,6,8-9H2,1H3,(H,15,19). The topological polar surface area (TPSA) is 33.7 Å². The van der Waals surface area contributed by atoms with Crippen LogP contribution < -0.4 is 14.8 Å². The van der Waals surface area contributed by atoms with Crippen molar-refractivity contribution < 1.29 is 9.47 Å². The number of rotatable bonds is 1. The zero-order valence-corrected chi connectivity index (χ0v) is 11.8. The Morgan fingerprint density at radius 3 is 3.05 bits per heavy atom. The minimum absolute atomic E-state index is 0.298. The third-order valence-corrected chi connectivity index (χ3v) is 3.93. The molecule has 2 aliphatic rings. The average Bonchev–Trinajstić information content (AvgIpc) is 2.86. The predicted octanol–water partition coefficient (Wildman–Crippen LogP) is 2.84. The second-order valence-corrected chi connectivity index (χ2v) is 5.58. The van der Waals surface area contributed by atoms with E-state index in [4.69, 9.17) is 21.7 Å². The van der Waals surface area contributed by atoms with E-state index in [0.717, 1.165) is 35.4 Å². The van der Waals surface area contributed by atoms with E-state index in [-0.39, 0.29) is 0 Å². The molecule has 5 heteroatoms. The maximum absolute atomic E-state index is 5.48. The molecule has 0 aliphatic carbocycles. The Hall–Kier alpha value is -1.49. The summed E-state index contributed by atoms with van der Waals surface area (Å²) in [5, 5.41) is 4.08. The summed E-state index contributed by atoms with van der Waals surface area (Å²) in [6, 6.07) is 5.81. The molecule has 0 saturated carbocycles. The van der Waals surface area contributed by atoms with Crippen LogP contribution in [0, 0.1) is 5.92 Å². The number of anilines is 1. The first kappa shape index (κ1) is 12.5. The number of fused-ring (bicyclic) bond motifs is 1. The van der Waals surface area contributed by atoms with Gasteiger partial charge in [-0.3, -0.25) is 0 Å². The smallest absolute Gasteiger partial charge is 0.231 e. The molecule has 102 valence electrons. The van der Waals surface area contributed by atoms with Crippen molar-refractivity contribution in [2.45, 2.75) is 19.8 Å². The van der Waals surface area contributed by atoms with Crippen LogP contribution in [-0.4, -0.2) is 29.9 Å². The lowest BCUT2D eigenvalue weighted by atomic mass is 10.0. The first-order valence-corrected chi connectivity index (χ1v) is 7.09. The fraction of sp³-hybridized carbons (Fsp3) is 0.500. The summed E-state index contributed by atoms with van der Waals surface area (Å²) >= 11 is 5.48.